The fourth-order valence-electron chi connectivity index (χ4n) is 2.08. The maximum Gasteiger partial charge on any atom is 0.139 e. The molecule has 1 unspecified atom stereocenters. The lowest BCUT2D eigenvalue weighted by Gasteiger charge is -2.38. The molecule has 1 aliphatic rings. The minimum atomic E-state index is -0.733. The molecule has 0 aromatic heterocycles. The van der Waals surface area contributed by atoms with E-state index in [2.05, 4.69) is 5.32 Å². The van der Waals surface area contributed by atoms with Crippen molar-refractivity contribution >= 4 is 12.0 Å². The lowest BCUT2D eigenvalue weighted by Crippen LogP contribution is -2.56. The summed E-state index contributed by atoms with van der Waals surface area (Å²) >= 11 is 0. The van der Waals surface area contributed by atoms with Crippen LogP contribution in [0.3, 0.4) is 0 Å². The highest BCUT2D eigenvalue weighted by molar-refractivity contribution is 5.58. The van der Waals surface area contributed by atoms with Crippen LogP contribution in [0.4, 0.5) is 10.1 Å². The van der Waals surface area contributed by atoms with Crippen molar-refractivity contribution in [1.82, 2.24) is 5.32 Å². The van der Waals surface area contributed by atoms with E-state index in [0.29, 0.717) is 24.5 Å². The second-order valence-electron chi connectivity index (χ2n) is 4.47. The molecule has 4 nitrogen and oxygen atoms in total. The number of morpholine rings is 1. The summed E-state index contributed by atoms with van der Waals surface area (Å²) in [5, 5.41) is 3.08. The van der Waals surface area contributed by atoms with Gasteiger partial charge in [0.2, 0.25) is 0 Å². The molecule has 0 radical (unpaired) electrons. The highest BCUT2D eigenvalue weighted by Gasteiger charge is 2.35. The monoisotopic (exact) mass is 238 g/mol. The van der Waals surface area contributed by atoms with Crippen molar-refractivity contribution in [2.45, 2.75) is 18.5 Å². The number of carbonyl (C=O) groups is 1. The number of ether oxygens (including phenoxy) is 1. The molecule has 5 heteroatoms. The maximum absolute atomic E-state index is 13.8. The molecule has 0 spiro atoms. The van der Waals surface area contributed by atoms with Gasteiger partial charge in [-0.25, -0.2) is 4.39 Å². The Morgan fingerprint density at radius 1 is 1.65 bits per heavy atom. The fourth-order valence-corrected chi connectivity index (χ4v) is 2.08. The Kier molecular flexibility index (Phi) is 3.13. The van der Waals surface area contributed by atoms with E-state index in [0.717, 1.165) is 6.29 Å². The van der Waals surface area contributed by atoms with Gasteiger partial charge in [0.05, 0.1) is 24.8 Å². The van der Waals surface area contributed by atoms with Gasteiger partial charge in [-0.05, 0) is 25.1 Å². The van der Waals surface area contributed by atoms with Crippen molar-refractivity contribution in [3.63, 3.8) is 0 Å². The van der Waals surface area contributed by atoms with Gasteiger partial charge in [0, 0.05) is 11.3 Å². The average molecular weight is 238 g/mol. The van der Waals surface area contributed by atoms with Crippen LogP contribution in [0.25, 0.3) is 0 Å². The Labute approximate surface area is 98.9 Å². The lowest BCUT2D eigenvalue weighted by atomic mass is 9.90. The zero-order valence-electron chi connectivity index (χ0n) is 9.57. The third-order valence-electron chi connectivity index (χ3n) is 2.94. The average Bonchev–Trinajstić information content (AvgIpc) is 2.32. The molecule has 0 bridgehead atoms. The van der Waals surface area contributed by atoms with Gasteiger partial charge in [-0.2, -0.15) is 0 Å². The Balaban J connectivity index is 2.36. The topological polar surface area (TPSA) is 64.3 Å². The van der Waals surface area contributed by atoms with Crippen molar-refractivity contribution in [2.75, 3.05) is 18.9 Å². The molecule has 0 saturated carbocycles. The van der Waals surface area contributed by atoms with Gasteiger partial charge in [0.25, 0.3) is 0 Å². The fraction of sp³-hybridized carbons (Fsp3) is 0.417. The SMILES string of the molecule is C[C@@]1(c2cc(N)ccc2F)COCC(C=O)N1. The third-order valence-corrected chi connectivity index (χ3v) is 2.94. The molecule has 1 aromatic rings. The molecule has 1 aliphatic heterocycles. The number of nitrogen functional groups attached to an aromatic ring is 1. The van der Waals surface area contributed by atoms with E-state index in [1.54, 1.807) is 13.0 Å². The summed E-state index contributed by atoms with van der Waals surface area (Å²) in [5.74, 6) is -0.357. The molecule has 1 aromatic carbocycles. The number of hydrogen-bond acceptors (Lipinski definition) is 4. The number of rotatable bonds is 2. The van der Waals surface area contributed by atoms with E-state index in [9.17, 15) is 9.18 Å². The number of hydrogen-bond donors (Lipinski definition) is 2. The van der Waals surface area contributed by atoms with Gasteiger partial charge in [-0.15, -0.1) is 0 Å². The lowest BCUT2D eigenvalue weighted by molar-refractivity contribution is -0.114. The number of nitrogens with two attached hydrogens (primary N) is 1. The van der Waals surface area contributed by atoms with Crippen LogP contribution in [0.5, 0.6) is 0 Å². The van der Waals surface area contributed by atoms with E-state index >= 15 is 0 Å². The Morgan fingerprint density at radius 3 is 3.12 bits per heavy atom. The van der Waals surface area contributed by atoms with Crippen LogP contribution in [-0.4, -0.2) is 25.5 Å². The zero-order chi connectivity index (χ0) is 12.5. The van der Waals surface area contributed by atoms with E-state index in [4.69, 9.17) is 10.5 Å². The molecular weight excluding hydrogens is 223 g/mol. The van der Waals surface area contributed by atoms with Crippen LogP contribution >= 0.6 is 0 Å². The number of anilines is 1. The molecule has 2 atom stereocenters. The third kappa shape index (κ3) is 2.30. The second-order valence-corrected chi connectivity index (χ2v) is 4.47. The predicted molar refractivity (Wildman–Crippen MR) is 62.0 cm³/mol. The van der Waals surface area contributed by atoms with Gasteiger partial charge in [-0.1, -0.05) is 0 Å². The van der Waals surface area contributed by atoms with Crippen LogP contribution in [0.15, 0.2) is 18.2 Å². The number of nitrogens with one attached hydrogen (secondary N) is 1. The van der Waals surface area contributed by atoms with Crippen molar-refractivity contribution < 1.29 is 13.9 Å². The smallest absolute Gasteiger partial charge is 0.139 e. The summed E-state index contributed by atoms with van der Waals surface area (Å²) in [6.45, 7) is 2.40. The molecule has 0 amide bonds. The van der Waals surface area contributed by atoms with E-state index < -0.39 is 11.6 Å². The van der Waals surface area contributed by atoms with Crippen LogP contribution in [0, 0.1) is 5.82 Å². The second kappa shape index (κ2) is 4.43. The zero-order valence-corrected chi connectivity index (χ0v) is 9.57. The standard InChI is InChI=1S/C12H15FN2O2/c1-12(7-17-6-9(5-16)15-12)10-4-8(14)2-3-11(10)13/h2-5,9,15H,6-7,14H2,1H3/t9?,12-/m0/s1. The van der Waals surface area contributed by atoms with Gasteiger partial charge in [0.1, 0.15) is 12.1 Å². The quantitative estimate of drug-likeness (QED) is 0.591. The molecule has 1 fully saturated rings. The minimum Gasteiger partial charge on any atom is -0.399 e. The minimum absolute atomic E-state index is 0.303. The van der Waals surface area contributed by atoms with Crippen LogP contribution in [0.1, 0.15) is 12.5 Å². The van der Waals surface area contributed by atoms with Gasteiger partial charge in [0.15, 0.2) is 0 Å². The maximum atomic E-state index is 13.8. The molecule has 1 saturated heterocycles. The molecule has 1 heterocycles. The summed E-state index contributed by atoms with van der Waals surface area (Å²) < 4.78 is 19.1. The molecule has 2 rings (SSSR count). The van der Waals surface area contributed by atoms with E-state index in [1.165, 1.54) is 12.1 Å². The number of benzene rings is 1. The van der Waals surface area contributed by atoms with Crippen molar-refractivity contribution in [1.29, 1.82) is 0 Å². The first-order chi connectivity index (χ1) is 8.05. The van der Waals surface area contributed by atoms with Crippen molar-refractivity contribution in [3.8, 4) is 0 Å². The van der Waals surface area contributed by atoms with E-state index in [1.807, 2.05) is 0 Å². The van der Waals surface area contributed by atoms with Gasteiger partial charge in [-0.3, -0.25) is 5.32 Å². The largest absolute Gasteiger partial charge is 0.399 e. The first-order valence-electron chi connectivity index (χ1n) is 5.41. The Morgan fingerprint density at radius 2 is 2.41 bits per heavy atom. The highest BCUT2D eigenvalue weighted by Crippen LogP contribution is 2.28. The number of carbonyl (C=O) groups excluding carboxylic acids is 1. The first-order valence-corrected chi connectivity index (χ1v) is 5.41. The van der Waals surface area contributed by atoms with Crippen molar-refractivity contribution in [3.05, 3.63) is 29.6 Å². The van der Waals surface area contributed by atoms with Crippen LogP contribution in [0.2, 0.25) is 0 Å². The highest BCUT2D eigenvalue weighted by atomic mass is 19.1. The number of halogens is 1. The van der Waals surface area contributed by atoms with Crippen LogP contribution < -0.4 is 11.1 Å². The van der Waals surface area contributed by atoms with Gasteiger partial charge < -0.3 is 15.3 Å². The number of aldehydes is 1. The normalized spacial score (nSPS) is 28.9. The van der Waals surface area contributed by atoms with Crippen LogP contribution in [-0.2, 0) is 15.1 Å². The Hall–Kier alpha value is -1.46. The molecule has 17 heavy (non-hydrogen) atoms. The Bertz CT molecular complexity index is 439. The summed E-state index contributed by atoms with van der Waals surface area (Å²) in [6.07, 6.45) is 0.765. The summed E-state index contributed by atoms with van der Waals surface area (Å²) in [6, 6.07) is 3.97. The molecule has 0 aliphatic carbocycles. The summed E-state index contributed by atoms with van der Waals surface area (Å²) in [5.41, 5.74) is 5.83. The summed E-state index contributed by atoms with van der Waals surface area (Å²) in [4.78, 5) is 10.8. The molecule has 92 valence electrons. The van der Waals surface area contributed by atoms with E-state index in [-0.39, 0.29) is 5.82 Å². The predicted octanol–water partition coefficient (Wildman–Crippen LogP) is 0.810. The molecular formula is C12H15FN2O2. The van der Waals surface area contributed by atoms with Gasteiger partial charge >= 0.3 is 0 Å². The molecule has 3 N–H and O–H groups in total. The summed E-state index contributed by atoms with van der Waals surface area (Å²) in [7, 11) is 0. The first kappa shape index (κ1) is 12.0. The van der Waals surface area contributed by atoms with Crippen molar-refractivity contribution in [2.24, 2.45) is 0 Å².